The van der Waals surface area contributed by atoms with Gasteiger partial charge in [-0.05, 0) is 25.2 Å². The molecule has 0 aromatic carbocycles. The third-order valence-electron chi connectivity index (χ3n) is 2.94. The molecule has 1 unspecified atom stereocenters. The second kappa shape index (κ2) is 4.31. The molecule has 6 nitrogen and oxygen atoms in total. The Bertz CT molecular complexity index is 377. The Morgan fingerprint density at radius 3 is 2.62 bits per heavy atom. The molecule has 1 atom stereocenters. The largest absolute Gasteiger partial charge is 0.481 e. The molecule has 2 rings (SSSR count). The van der Waals surface area contributed by atoms with E-state index in [2.05, 4.69) is 4.72 Å². The van der Waals surface area contributed by atoms with Gasteiger partial charge in [0, 0.05) is 25.6 Å². The summed E-state index contributed by atoms with van der Waals surface area (Å²) in [6.45, 7) is 0.758. The highest BCUT2D eigenvalue weighted by Gasteiger charge is 2.35. The van der Waals surface area contributed by atoms with Crippen LogP contribution in [0.25, 0.3) is 0 Å². The summed E-state index contributed by atoms with van der Waals surface area (Å²) in [6.07, 6.45) is 2.50. The molecule has 0 bridgehead atoms. The lowest BCUT2D eigenvalue weighted by atomic mass is 10.1. The summed E-state index contributed by atoms with van der Waals surface area (Å²) in [4.78, 5) is 10.5. The van der Waals surface area contributed by atoms with E-state index in [1.807, 2.05) is 0 Å². The molecule has 1 aliphatic heterocycles. The van der Waals surface area contributed by atoms with Crippen molar-refractivity contribution in [1.82, 2.24) is 9.03 Å². The van der Waals surface area contributed by atoms with Crippen LogP contribution in [-0.4, -0.2) is 42.9 Å². The van der Waals surface area contributed by atoms with Gasteiger partial charge in [-0.2, -0.15) is 17.4 Å². The molecule has 2 aliphatic rings. The van der Waals surface area contributed by atoms with Crippen molar-refractivity contribution in [3.8, 4) is 0 Å². The Kier molecular flexibility index (Phi) is 3.18. The predicted octanol–water partition coefficient (Wildman–Crippen LogP) is -0.220. The fraction of sp³-hybridized carbons (Fsp3) is 0.889. The number of carboxylic acid groups (broad SMARTS) is 1. The summed E-state index contributed by atoms with van der Waals surface area (Å²) in [6, 6.07) is 0.100. The maximum atomic E-state index is 11.8. The maximum Gasteiger partial charge on any atom is 0.303 e. The average Bonchev–Trinajstić information content (AvgIpc) is 2.80. The second-order valence-electron chi connectivity index (χ2n) is 4.51. The number of carbonyl (C=O) groups is 1. The van der Waals surface area contributed by atoms with Gasteiger partial charge in [0.05, 0.1) is 0 Å². The van der Waals surface area contributed by atoms with E-state index < -0.39 is 16.2 Å². The third-order valence-corrected chi connectivity index (χ3v) is 4.59. The van der Waals surface area contributed by atoms with Gasteiger partial charge in [-0.3, -0.25) is 4.79 Å². The fourth-order valence-electron chi connectivity index (χ4n) is 1.92. The zero-order valence-corrected chi connectivity index (χ0v) is 9.74. The first-order valence-electron chi connectivity index (χ1n) is 5.46. The molecule has 0 radical (unpaired) electrons. The Labute approximate surface area is 94.8 Å². The molecule has 2 N–H and O–H groups in total. The number of carboxylic acids is 1. The topological polar surface area (TPSA) is 86.7 Å². The van der Waals surface area contributed by atoms with Gasteiger partial charge in [-0.25, -0.2) is 0 Å². The minimum absolute atomic E-state index is 0.0479. The number of nitrogens with zero attached hydrogens (tertiary/aromatic N) is 1. The van der Waals surface area contributed by atoms with Gasteiger partial charge in [-0.1, -0.05) is 0 Å². The van der Waals surface area contributed by atoms with Gasteiger partial charge in [0.2, 0.25) is 0 Å². The van der Waals surface area contributed by atoms with E-state index in [0.717, 1.165) is 12.8 Å². The zero-order chi connectivity index (χ0) is 11.8. The molecular weight excluding hydrogens is 232 g/mol. The summed E-state index contributed by atoms with van der Waals surface area (Å²) >= 11 is 0. The normalized spacial score (nSPS) is 27.1. The van der Waals surface area contributed by atoms with E-state index in [0.29, 0.717) is 19.5 Å². The van der Waals surface area contributed by atoms with Crippen molar-refractivity contribution in [2.75, 3.05) is 13.1 Å². The van der Waals surface area contributed by atoms with Gasteiger partial charge < -0.3 is 5.11 Å². The standard InChI is InChI=1S/C9H16N2O4S/c12-9(13)5-7-3-4-11(6-7)16(14,15)10-8-1-2-8/h7-8,10H,1-6H2,(H,12,13). The molecule has 0 aromatic rings. The first-order valence-corrected chi connectivity index (χ1v) is 6.90. The summed E-state index contributed by atoms with van der Waals surface area (Å²) in [7, 11) is -3.38. The molecule has 1 saturated carbocycles. The minimum Gasteiger partial charge on any atom is -0.481 e. The highest BCUT2D eigenvalue weighted by atomic mass is 32.2. The lowest BCUT2D eigenvalue weighted by molar-refractivity contribution is -0.137. The molecule has 0 amide bonds. The molecule has 0 aromatic heterocycles. The number of nitrogens with one attached hydrogen (secondary N) is 1. The van der Waals surface area contributed by atoms with Crippen LogP contribution in [-0.2, 0) is 15.0 Å². The van der Waals surface area contributed by atoms with Crippen molar-refractivity contribution >= 4 is 16.2 Å². The summed E-state index contributed by atoms with van der Waals surface area (Å²) in [5, 5.41) is 8.63. The Hall–Kier alpha value is -0.660. The van der Waals surface area contributed by atoms with E-state index in [4.69, 9.17) is 5.11 Å². The number of aliphatic carboxylic acids is 1. The number of hydrogen-bond acceptors (Lipinski definition) is 3. The lowest BCUT2D eigenvalue weighted by Crippen LogP contribution is -2.40. The monoisotopic (exact) mass is 248 g/mol. The smallest absolute Gasteiger partial charge is 0.303 e. The van der Waals surface area contributed by atoms with Gasteiger partial charge in [0.25, 0.3) is 10.2 Å². The summed E-state index contributed by atoms with van der Waals surface area (Å²) < 4.78 is 27.5. The Morgan fingerprint density at radius 2 is 2.06 bits per heavy atom. The molecule has 1 saturated heterocycles. The molecule has 0 spiro atoms. The Balaban J connectivity index is 1.89. The molecule has 16 heavy (non-hydrogen) atoms. The second-order valence-corrected chi connectivity index (χ2v) is 6.21. The first-order chi connectivity index (χ1) is 7.47. The summed E-state index contributed by atoms with van der Waals surface area (Å²) in [5.41, 5.74) is 0. The quantitative estimate of drug-likeness (QED) is 0.704. The van der Waals surface area contributed by atoms with E-state index in [9.17, 15) is 13.2 Å². The highest BCUT2D eigenvalue weighted by Crippen LogP contribution is 2.25. The van der Waals surface area contributed by atoms with E-state index in [-0.39, 0.29) is 18.4 Å². The fourth-order valence-corrected chi connectivity index (χ4v) is 3.47. The molecular formula is C9H16N2O4S. The van der Waals surface area contributed by atoms with Crippen molar-refractivity contribution < 1.29 is 18.3 Å². The molecule has 7 heteroatoms. The van der Waals surface area contributed by atoms with Crippen LogP contribution < -0.4 is 4.72 Å². The first kappa shape index (κ1) is 11.8. The van der Waals surface area contributed by atoms with E-state index in [1.165, 1.54) is 4.31 Å². The van der Waals surface area contributed by atoms with Crippen molar-refractivity contribution in [3.05, 3.63) is 0 Å². The highest BCUT2D eigenvalue weighted by molar-refractivity contribution is 7.87. The maximum absolute atomic E-state index is 11.8. The SMILES string of the molecule is O=C(O)CC1CCN(S(=O)(=O)NC2CC2)C1. The van der Waals surface area contributed by atoms with Crippen LogP contribution in [0.4, 0.5) is 0 Å². The van der Waals surface area contributed by atoms with Crippen molar-refractivity contribution in [3.63, 3.8) is 0 Å². The molecule has 2 fully saturated rings. The Morgan fingerprint density at radius 1 is 1.38 bits per heavy atom. The van der Waals surface area contributed by atoms with Gasteiger partial charge in [0.15, 0.2) is 0 Å². The van der Waals surface area contributed by atoms with Crippen LogP contribution in [0.15, 0.2) is 0 Å². The van der Waals surface area contributed by atoms with Crippen molar-refractivity contribution in [2.45, 2.75) is 31.7 Å². The predicted molar refractivity (Wildman–Crippen MR) is 57.0 cm³/mol. The van der Waals surface area contributed by atoms with Crippen LogP contribution in [0.3, 0.4) is 0 Å². The number of rotatable bonds is 5. The molecule has 1 heterocycles. The molecule has 92 valence electrons. The van der Waals surface area contributed by atoms with Crippen molar-refractivity contribution in [2.24, 2.45) is 5.92 Å². The van der Waals surface area contributed by atoms with E-state index >= 15 is 0 Å². The van der Waals surface area contributed by atoms with Crippen LogP contribution in [0.1, 0.15) is 25.7 Å². The van der Waals surface area contributed by atoms with Crippen LogP contribution in [0, 0.1) is 5.92 Å². The van der Waals surface area contributed by atoms with Crippen LogP contribution in [0.2, 0.25) is 0 Å². The molecule has 1 aliphatic carbocycles. The van der Waals surface area contributed by atoms with Gasteiger partial charge >= 0.3 is 5.97 Å². The van der Waals surface area contributed by atoms with Gasteiger partial charge in [0.1, 0.15) is 0 Å². The zero-order valence-electron chi connectivity index (χ0n) is 8.92. The third kappa shape index (κ3) is 2.93. The minimum atomic E-state index is -3.38. The average molecular weight is 248 g/mol. The van der Waals surface area contributed by atoms with Crippen molar-refractivity contribution in [1.29, 1.82) is 0 Å². The lowest BCUT2D eigenvalue weighted by Gasteiger charge is -2.16. The van der Waals surface area contributed by atoms with Gasteiger partial charge in [-0.15, -0.1) is 0 Å². The van der Waals surface area contributed by atoms with Crippen LogP contribution >= 0.6 is 0 Å². The van der Waals surface area contributed by atoms with Crippen LogP contribution in [0.5, 0.6) is 0 Å². The summed E-state index contributed by atoms with van der Waals surface area (Å²) in [5.74, 6) is -0.910. The van der Waals surface area contributed by atoms with E-state index in [1.54, 1.807) is 0 Å². The number of hydrogen-bond donors (Lipinski definition) is 2.